The maximum atomic E-state index is 13.1. The molecule has 1 aliphatic heterocycles. The van der Waals surface area contributed by atoms with Gasteiger partial charge in [-0.05, 0) is 54.7 Å². The number of aromatic nitrogens is 1. The number of hydrogen-bond donors (Lipinski definition) is 1. The van der Waals surface area contributed by atoms with Gasteiger partial charge in [-0.25, -0.2) is 13.8 Å². The van der Waals surface area contributed by atoms with E-state index in [-0.39, 0.29) is 12.5 Å². The van der Waals surface area contributed by atoms with Crippen molar-refractivity contribution in [3.05, 3.63) is 59.3 Å². The smallest absolute Gasteiger partial charge is 0.220 e. The zero-order valence-corrected chi connectivity index (χ0v) is 14.0. The Labute approximate surface area is 145 Å². The Morgan fingerprint density at radius 2 is 1.80 bits per heavy atom. The largest absolute Gasteiger partial charge is 0.357 e. The van der Waals surface area contributed by atoms with E-state index in [9.17, 15) is 13.6 Å². The van der Waals surface area contributed by atoms with Crippen LogP contribution in [0, 0.1) is 11.6 Å². The average molecular weight is 345 g/mol. The Kier molecular flexibility index (Phi) is 5.58. The number of nitrogens with one attached hydrogen (secondary N) is 1. The summed E-state index contributed by atoms with van der Waals surface area (Å²) in [6, 6.07) is 7.19. The summed E-state index contributed by atoms with van der Waals surface area (Å²) >= 11 is 0. The Morgan fingerprint density at radius 1 is 1.08 bits per heavy atom. The highest BCUT2D eigenvalue weighted by molar-refractivity contribution is 5.76. The number of amides is 1. The molecule has 4 nitrogen and oxygen atoms in total. The highest BCUT2D eigenvalue weighted by Gasteiger charge is 2.13. The van der Waals surface area contributed by atoms with Crippen LogP contribution >= 0.6 is 0 Å². The van der Waals surface area contributed by atoms with Crippen molar-refractivity contribution in [2.75, 3.05) is 18.0 Å². The fourth-order valence-electron chi connectivity index (χ4n) is 3.00. The number of rotatable bonds is 6. The third-order valence-corrected chi connectivity index (χ3v) is 4.29. The second-order valence-corrected chi connectivity index (χ2v) is 6.27. The standard InChI is InChI=1S/C19H21F2N3O/c20-16-9-15(10-17(21)12-16)13-23-19(25)4-3-14-5-6-22-18(11-14)24-7-1-2-8-24/h5-6,9-12H,1-4,7-8,13H2,(H,23,25). The van der Waals surface area contributed by atoms with Gasteiger partial charge in [0.15, 0.2) is 0 Å². The van der Waals surface area contributed by atoms with Crippen LogP contribution in [0.25, 0.3) is 0 Å². The molecule has 0 saturated carbocycles. The summed E-state index contributed by atoms with van der Waals surface area (Å²) in [5.41, 5.74) is 1.47. The molecule has 0 atom stereocenters. The van der Waals surface area contributed by atoms with E-state index >= 15 is 0 Å². The van der Waals surface area contributed by atoms with Crippen LogP contribution in [0.2, 0.25) is 0 Å². The molecule has 2 heterocycles. The Morgan fingerprint density at radius 3 is 2.52 bits per heavy atom. The van der Waals surface area contributed by atoms with E-state index in [1.165, 1.54) is 25.0 Å². The predicted octanol–water partition coefficient (Wildman–Crippen LogP) is 3.21. The number of benzene rings is 1. The third kappa shape index (κ3) is 4.98. The van der Waals surface area contributed by atoms with Gasteiger partial charge in [-0.2, -0.15) is 0 Å². The van der Waals surface area contributed by atoms with E-state index in [1.807, 2.05) is 12.1 Å². The van der Waals surface area contributed by atoms with E-state index in [2.05, 4.69) is 15.2 Å². The molecular formula is C19H21F2N3O. The minimum atomic E-state index is -0.643. The number of anilines is 1. The molecule has 1 N–H and O–H groups in total. The van der Waals surface area contributed by atoms with Crippen LogP contribution in [-0.2, 0) is 17.8 Å². The molecular weight excluding hydrogens is 324 g/mol. The molecule has 0 radical (unpaired) electrons. The van der Waals surface area contributed by atoms with E-state index in [1.54, 1.807) is 6.20 Å². The summed E-state index contributed by atoms with van der Waals surface area (Å²) in [4.78, 5) is 18.6. The molecule has 1 aliphatic rings. The molecule has 1 aromatic heterocycles. The van der Waals surface area contributed by atoms with E-state index in [4.69, 9.17) is 0 Å². The fraction of sp³-hybridized carbons (Fsp3) is 0.368. The average Bonchev–Trinajstić information content (AvgIpc) is 3.12. The highest BCUT2D eigenvalue weighted by Crippen LogP contribution is 2.19. The molecule has 0 unspecified atom stereocenters. The molecule has 0 bridgehead atoms. The second kappa shape index (κ2) is 8.05. The molecule has 132 valence electrons. The van der Waals surface area contributed by atoms with Crippen molar-refractivity contribution in [1.82, 2.24) is 10.3 Å². The van der Waals surface area contributed by atoms with Crippen LogP contribution in [-0.4, -0.2) is 24.0 Å². The number of halogens is 2. The van der Waals surface area contributed by atoms with Crippen molar-refractivity contribution in [2.24, 2.45) is 0 Å². The first kappa shape index (κ1) is 17.3. The first-order chi connectivity index (χ1) is 12.1. The number of nitrogens with zero attached hydrogens (tertiary/aromatic N) is 2. The maximum absolute atomic E-state index is 13.1. The number of pyridine rings is 1. The van der Waals surface area contributed by atoms with E-state index in [0.29, 0.717) is 18.4 Å². The summed E-state index contributed by atoms with van der Waals surface area (Å²) in [6.45, 7) is 2.17. The van der Waals surface area contributed by atoms with Crippen molar-refractivity contribution in [2.45, 2.75) is 32.2 Å². The van der Waals surface area contributed by atoms with Gasteiger partial charge in [0, 0.05) is 38.3 Å². The van der Waals surface area contributed by atoms with Gasteiger partial charge in [0.1, 0.15) is 17.5 Å². The summed E-state index contributed by atoms with van der Waals surface area (Å²) in [6.07, 6.45) is 5.08. The first-order valence-corrected chi connectivity index (χ1v) is 8.52. The molecule has 0 aliphatic carbocycles. The molecule has 2 aromatic rings. The Bertz CT molecular complexity index is 725. The maximum Gasteiger partial charge on any atom is 0.220 e. The van der Waals surface area contributed by atoms with Gasteiger partial charge in [-0.1, -0.05) is 0 Å². The van der Waals surface area contributed by atoms with Crippen LogP contribution in [0.5, 0.6) is 0 Å². The SMILES string of the molecule is O=C(CCc1ccnc(N2CCCC2)c1)NCc1cc(F)cc(F)c1. The van der Waals surface area contributed by atoms with Crippen LogP contribution in [0.1, 0.15) is 30.4 Å². The lowest BCUT2D eigenvalue weighted by molar-refractivity contribution is -0.121. The lowest BCUT2D eigenvalue weighted by Crippen LogP contribution is -2.23. The van der Waals surface area contributed by atoms with Crippen molar-refractivity contribution in [3.8, 4) is 0 Å². The summed E-state index contributed by atoms with van der Waals surface area (Å²) in [5, 5.41) is 2.70. The van der Waals surface area contributed by atoms with Crippen LogP contribution in [0.3, 0.4) is 0 Å². The van der Waals surface area contributed by atoms with Crippen LogP contribution in [0.4, 0.5) is 14.6 Å². The topological polar surface area (TPSA) is 45.2 Å². The van der Waals surface area contributed by atoms with E-state index in [0.717, 1.165) is 30.5 Å². The van der Waals surface area contributed by atoms with Crippen molar-refractivity contribution >= 4 is 11.7 Å². The van der Waals surface area contributed by atoms with Crippen LogP contribution in [0.15, 0.2) is 36.5 Å². The van der Waals surface area contributed by atoms with Gasteiger partial charge >= 0.3 is 0 Å². The minimum Gasteiger partial charge on any atom is -0.357 e. The van der Waals surface area contributed by atoms with Crippen molar-refractivity contribution in [1.29, 1.82) is 0 Å². The normalized spacial score (nSPS) is 13.9. The van der Waals surface area contributed by atoms with Gasteiger partial charge in [0.05, 0.1) is 0 Å². The van der Waals surface area contributed by atoms with Crippen molar-refractivity contribution in [3.63, 3.8) is 0 Å². The monoisotopic (exact) mass is 345 g/mol. The summed E-state index contributed by atoms with van der Waals surface area (Å²) in [5.74, 6) is -0.471. The van der Waals surface area contributed by atoms with Gasteiger partial charge in [-0.3, -0.25) is 4.79 Å². The second-order valence-electron chi connectivity index (χ2n) is 6.27. The van der Waals surface area contributed by atoms with Gasteiger partial charge in [0.2, 0.25) is 5.91 Å². The quantitative estimate of drug-likeness (QED) is 0.874. The van der Waals surface area contributed by atoms with Gasteiger partial charge in [0.25, 0.3) is 0 Å². The number of aryl methyl sites for hydroxylation is 1. The lowest BCUT2D eigenvalue weighted by Gasteiger charge is -2.16. The zero-order chi connectivity index (χ0) is 17.6. The molecule has 3 rings (SSSR count). The molecule has 6 heteroatoms. The minimum absolute atomic E-state index is 0.114. The van der Waals surface area contributed by atoms with Gasteiger partial charge < -0.3 is 10.2 Å². The molecule has 0 spiro atoms. The molecule has 25 heavy (non-hydrogen) atoms. The number of carbonyl (C=O) groups is 1. The number of carbonyl (C=O) groups excluding carboxylic acids is 1. The molecule has 1 saturated heterocycles. The predicted molar refractivity (Wildman–Crippen MR) is 92.2 cm³/mol. The third-order valence-electron chi connectivity index (χ3n) is 4.29. The Balaban J connectivity index is 1.49. The zero-order valence-electron chi connectivity index (χ0n) is 14.0. The molecule has 1 fully saturated rings. The summed E-state index contributed by atoms with van der Waals surface area (Å²) < 4.78 is 26.3. The lowest BCUT2D eigenvalue weighted by atomic mass is 10.1. The van der Waals surface area contributed by atoms with Crippen molar-refractivity contribution < 1.29 is 13.6 Å². The number of hydrogen-bond acceptors (Lipinski definition) is 3. The first-order valence-electron chi connectivity index (χ1n) is 8.52. The fourth-order valence-corrected chi connectivity index (χ4v) is 3.00. The summed E-state index contributed by atoms with van der Waals surface area (Å²) in [7, 11) is 0. The molecule has 1 aromatic carbocycles. The van der Waals surface area contributed by atoms with Crippen LogP contribution < -0.4 is 10.2 Å². The Hall–Kier alpha value is -2.50. The van der Waals surface area contributed by atoms with E-state index < -0.39 is 11.6 Å². The molecule has 1 amide bonds. The highest BCUT2D eigenvalue weighted by atomic mass is 19.1. The van der Waals surface area contributed by atoms with Gasteiger partial charge in [-0.15, -0.1) is 0 Å².